The summed E-state index contributed by atoms with van der Waals surface area (Å²) in [5.41, 5.74) is 0.785. The van der Waals surface area contributed by atoms with Gasteiger partial charge >= 0.3 is 5.97 Å². The van der Waals surface area contributed by atoms with Crippen LogP contribution in [0, 0.1) is 3.57 Å². The van der Waals surface area contributed by atoms with Crippen molar-refractivity contribution < 1.29 is 19.1 Å². The Kier molecular flexibility index (Phi) is 4.95. The number of methoxy groups -OCH3 is 1. The van der Waals surface area contributed by atoms with Crippen LogP contribution in [-0.4, -0.2) is 18.9 Å². The standard InChI is InChI=1S/C16H13IO4/c1-10(18)12-5-3-4-6-14(12)21-16(19)11-7-8-15(20-2)13(17)9-11/h3-9H,1-2H3. The van der Waals surface area contributed by atoms with Gasteiger partial charge in [0, 0.05) is 0 Å². The minimum absolute atomic E-state index is 0.150. The number of carbonyl (C=O) groups excluding carboxylic acids is 2. The van der Waals surface area contributed by atoms with Gasteiger partial charge in [0.1, 0.15) is 11.5 Å². The van der Waals surface area contributed by atoms with Crippen LogP contribution in [0.15, 0.2) is 42.5 Å². The lowest BCUT2D eigenvalue weighted by molar-refractivity contribution is 0.0732. The minimum atomic E-state index is -0.510. The van der Waals surface area contributed by atoms with E-state index >= 15 is 0 Å². The van der Waals surface area contributed by atoms with E-state index < -0.39 is 5.97 Å². The molecule has 0 radical (unpaired) electrons. The Labute approximate surface area is 136 Å². The summed E-state index contributed by atoms with van der Waals surface area (Å²) in [6.45, 7) is 1.43. The van der Waals surface area contributed by atoms with Crippen molar-refractivity contribution in [1.82, 2.24) is 0 Å². The smallest absolute Gasteiger partial charge is 0.343 e. The highest BCUT2D eigenvalue weighted by Gasteiger charge is 2.14. The van der Waals surface area contributed by atoms with Gasteiger partial charge in [-0.25, -0.2) is 4.79 Å². The maximum atomic E-state index is 12.2. The van der Waals surface area contributed by atoms with Crippen LogP contribution in [0.5, 0.6) is 11.5 Å². The molecule has 2 aromatic rings. The summed E-state index contributed by atoms with van der Waals surface area (Å²) < 4.78 is 11.3. The lowest BCUT2D eigenvalue weighted by Gasteiger charge is -2.09. The first-order chi connectivity index (χ1) is 10.0. The van der Waals surface area contributed by atoms with Gasteiger partial charge in [0.05, 0.1) is 21.8 Å². The van der Waals surface area contributed by atoms with Gasteiger partial charge in [-0.15, -0.1) is 0 Å². The molecule has 0 heterocycles. The van der Waals surface area contributed by atoms with Crippen LogP contribution in [-0.2, 0) is 0 Å². The van der Waals surface area contributed by atoms with Gasteiger partial charge in [0.15, 0.2) is 5.78 Å². The number of carbonyl (C=O) groups is 2. The second-order valence-corrected chi connectivity index (χ2v) is 5.45. The number of hydrogen-bond donors (Lipinski definition) is 0. The van der Waals surface area contributed by atoms with Crippen LogP contribution < -0.4 is 9.47 Å². The molecule has 0 aliphatic heterocycles. The zero-order chi connectivity index (χ0) is 15.4. The fourth-order valence-corrected chi connectivity index (χ4v) is 2.53. The number of hydrogen-bond acceptors (Lipinski definition) is 4. The fourth-order valence-electron chi connectivity index (χ4n) is 1.80. The van der Waals surface area contributed by atoms with E-state index in [9.17, 15) is 9.59 Å². The Morgan fingerprint density at radius 2 is 1.76 bits per heavy atom. The molecule has 0 amide bonds. The Morgan fingerprint density at radius 1 is 1.05 bits per heavy atom. The molecule has 0 aliphatic rings. The average molecular weight is 396 g/mol. The number of esters is 1. The van der Waals surface area contributed by atoms with Crippen LogP contribution in [0.1, 0.15) is 27.6 Å². The van der Waals surface area contributed by atoms with Gasteiger partial charge in [-0.05, 0) is 59.8 Å². The van der Waals surface area contributed by atoms with Crippen LogP contribution in [0.4, 0.5) is 0 Å². The summed E-state index contributed by atoms with van der Waals surface area (Å²) in [4.78, 5) is 23.7. The largest absolute Gasteiger partial charge is 0.496 e. The van der Waals surface area contributed by atoms with Gasteiger partial charge < -0.3 is 9.47 Å². The molecule has 21 heavy (non-hydrogen) atoms. The number of benzene rings is 2. The second-order valence-electron chi connectivity index (χ2n) is 4.29. The van der Waals surface area contributed by atoms with Gasteiger partial charge in [-0.1, -0.05) is 12.1 Å². The van der Waals surface area contributed by atoms with Crippen molar-refractivity contribution in [3.05, 3.63) is 57.2 Å². The Balaban J connectivity index is 2.26. The summed E-state index contributed by atoms with van der Waals surface area (Å²) >= 11 is 2.08. The van der Waals surface area contributed by atoms with Gasteiger partial charge in [0.25, 0.3) is 0 Å². The molecule has 0 aromatic heterocycles. The molecule has 108 valence electrons. The quantitative estimate of drug-likeness (QED) is 0.342. The molecule has 2 rings (SSSR count). The lowest BCUT2D eigenvalue weighted by Crippen LogP contribution is -2.11. The third-order valence-corrected chi connectivity index (χ3v) is 3.70. The number of para-hydroxylation sites is 1. The Bertz CT molecular complexity index is 694. The predicted molar refractivity (Wildman–Crippen MR) is 87.1 cm³/mol. The van der Waals surface area contributed by atoms with Crippen molar-refractivity contribution >= 4 is 34.3 Å². The predicted octanol–water partition coefficient (Wildman–Crippen LogP) is 3.72. The molecule has 0 bridgehead atoms. The zero-order valence-electron chi connectivity index (χ0n) is 11.6. The Hall–Kier alpha value is -1.89. The van der Waals surface area contributed by atoms with E-state index in [1.165, 1.54) is 6.92 Å². The van der Waals surface area contributed by atoms with Crippen molar-refractivity contribution in [2.75, 3.05) is 7.11 Å². The number of halogens is 1. The fraction of sp³-hybridized carbons (Fsp3) is 0.125. The molecule has 2 aromatic carbocycles. The molecule has 4 nitrogen and oxygen atoms in total. The average Bonchev–Trinajstić information content (AvgIpc) is 2.47. The highest BCUT2D eigenvalue weighted by molar-refractivity contribution is 14.1. The van der Waals surface area contributed by atoms with Gasteiger partial charge in [0.2, 0.25) is 0 Å². The molecular formula is C16H13IO4. The molecular weight excluding hydrogens is 383 g/mol. The summed E-state index contributed by atoms with van der Waals surface area (Å²) in [5, 5.41) is 0. The molecule has 0 saturated heterocycles. The SMILES string of the molecule is COc1ccc(C(=O)Oc2ccccc2C(C)=O)cc1I. The van der Waals surface area contributed by atoms with Crippen molar-refractivity contribution in [2.24, 2.45) is 0 Å². The molecule has 0 saturated carbocycles. The van der Waals surface area contributed by atoms with Crippen molar-refractivity contribution in [1.29, 1.82) is 0 Å². The maximum absolute atomic E-state index is 12.2. The van der Waals surface area contributed by atoms with E-state index in [4.69, 9.17) is 9.47 Å². The Morgan fingerprint density at radius 3 is 2.38 bits per heavy atom. The number of rotatable bonds is 4. The third kappa shape index (κ3) is 3.60. The number of ketones is 1. The molecule has 0 N–H and O–H groups in total. The summed E-state index contributed by atoms with van der Waals surface area (Å²) in [6.07, 6.45) is 0. The van der Waals surface area contributed by atoms with Crippen LogP contribution in [0.2, 0.25) is 0 Å². The molecule has 0 unspecified atom stereocenters. The summed E-state index contributed by atoms with van der Waals surface area (Å²) in [6, 6.07) is 11.7. The van der Waals surface area contributed by atoms with Crippen LogP contribution in [0.3, 0.4) is 0 Å². The summed E-state index contributed by atoms with van der Waals surface area (Å²) in [7, 11) is 1.57. The van der Waals surface area contributed by atoms with E-state index in [0.717, 1.165) is 3.57 Å². The van der Waals surface area contributed by atoms with Gasteiger partial charge in [-0.2, -0.15) is 0 Å². The second kappa shape index (κ2) is 6.71. The number of Topliss-reactive ketones (excluding diaryl/α,β-unsaturated/α-hetero) is 1. The molecule has 5 heteroatoms. The first kappa shape index (κ1) is 15.5. The van der Waals surface area contributed by atoms with E-state index in [0.29, 0.717) is 16.9 Å². The zero-order valence-corrected chi connectivity index (χ0v) is 13.7. The molecule has 0 spiro atoms. The van der Waals surface area contributed by atoms with E-state index in [-0.39, 0.29) is 11.5 Å². The van der Waals surface area contributed by atoms with Gasteiger partial charge in [-0.3, -0.25) is 4.79 Å². The third-order valence-electron chi connectivity index (χ3n) is 2.86. The van der Waals surface area contributed by atoms with Crippen molar-refractivity contribution in [3.8, 4) is 11.5 Å². The number of ether oxygens (including phenoxy) is 2. The van der Waals surface area contributed by atoms with Crippen molar-refractivity contribution in [2.45, 2.75) is 6.92 Å². The topological polar surface area (TPSA) is 52.6 Å². The highest BCUT2D eigenvalue weighted by atomic mass is 127. The van der Waals surface area contributed by atoms with E-state index in [1.54, 1.807) is 49.6 Å². The first-order valence-electron chi connectivity index (χ1n) is 6.18. The highest BCUT2D eigenvalue weighted by Crippen LogP contribution is 2.24. The van der Waals surface area contributed by atoms with E-state index in [2.05, 4.69) is 22.6 Å². The molecule has 0 atom stereocenters. The van der Waals surface area contributed by atoms with Crippen LogP contribution >= 0.6 is 22.6 Å². The van der Waals surface area contributed by atoms with Crippen LogP contribution in [0.25, 0.3) is 0 Å². The first-order valence-corrected chi connectivity index (χ1v) is 7.26. The normalized spacial score (nSPS) is 10.0. The van der Waals surface area contributed by atoms with E-state index in [1.807, 2.05) is 0 Å². The molecule has 0 fully saturated rings. The monoisotopic (exact) mass is 396 g/mol. The minimum Gasteiger partial charge on any atom is -0.496 e. The summed E-state index contributed by atoms with van der Waals surface area (Å²) in [5.74, 6) is 0.295. The van der Waals surface area contributed by atoms with Crippen molar-refractivity contribution in [3.63, 3.8) is 0 Å². The lowest BCUT2D eigenvalue weighted by atomic mass is 10.1. The maximum Gasteiger partial charge on any atom is 0.343 e. The molecule has 0 aliphatic carbocycles.